The third-order valence-electron chi connectivity index (χ3n) is 4.05. The lowest BCUT2D eigenvalue weighted by molar-refractivity contribution is -0.176. The maximum atomic E-state index is 13.7. The average Bonchev–Trinajstić information content (AvgIpc) is 3.16. The number of esters is 1. The molecule has 1 saturated heterocycles. The van der Waals surface area contributed by atoms with Crippen molar-refractivity contribution in [2.45, 2.75) is 12.2 Å². The Morgan fingerprint density at radius 1 is 0.889 bits per heavy atom. The topological polar surface area (TPSA) is 44.8 Å². The van der Waals surface area contributed by atoms with Crippen molar-refractivity contribution in [1.29, 1.82) is 0 Å². The van der Waals surface area contributed by atoms with Crippen molar-refractivity contribution < 1.29 is 41.0 Å². The van der Waals surface area contributed by atoms with E-state index in [1.54, 1.807) is 30.3 Å². The van der Waals surface area contributed by atoms with Gasteiger partial charge in [-0.05, 0) is 0 Å². The van der Waals surface area contributed by atoms with Crippen molar-refractivity contribution in [3.8, 4) is 0 Å². The fourth-order valence-corrected chi connectivity index (χ4v) is 2.74. The molecule has 2 aromatic rings. The number of rotatable bonds is 5. The molecule has 3 rings (SSSR count). The van der Waals surface area contributed by atoms with Crippen molar-refractivity contribution in [3.63, 3.8) is 0 Å². The molecule has 1 aliphatic rings. The van der Waals surface area contributed by atoms with E-state index < -0.39 is 53.0 Å². The van der Waals surface area contributed by atoms with Gasteiger partial charge in [0.05, 0.1) is 19.8 Å². The van der Waals surface area contributed by atoms with Crippen LogP contribution in [0.25, 0.3) is 0 Å². The molecule has 1 aliphatic heterocycles. The van der Waals surface area contributed by atoms with Crippen LogP contribution in [0.5, 0.6) is 0 Å². The van der Waals surface area contributed by atoms with Gasteiger partial charge in [0.25, 0.3) is 0 Å². The van der Waals surface area contributed by atoms with Crippen LogP contribution in [0, 0.1) is 29.1 Å². The predicted octanol–water partition coefficient (Wildman–Crippen LogP) is 3.83. The number of hydrogen-bond donors (Lipinski definition) is 0. The van der Waals surface area contributed by atoms with E-state index in [0.717, 1.165) is 0 Å². The first kappa shape index (κ1) is 19.2. The Morgan fingerprint density at radius 3 is 1.96 bits per heavy atom. The predicted molar refractivity (Wildman–Crippen MR) is 81.2 cm³/mol. The Kier molecular flexibility index (Phi) is 5.43. The highest BCUT2D eigenvalue weighted by atomic mass is 19.2. The Hall–Kier alpha value is -2.52. The zero-order valence-corrected chi connectivity index (χ0v) is 13.7. The number of ether oxygens (including phenoxy) is 3. The Morgan fingerprint density at radius 2 is 1.41 bits per heavy atom. The molecule has 0 atom stereocenters. The molecule has 1 heterocycles. The molecule has 2 aromatic carbocycles. The summed E-state index contributed by atoms with van der Waals surface area (Å²) in [5.74, 6) is -14.2. The second-order valence-corrected chi connectivity index (χ2v) is 5.65. The molecule has 0 amide bonds. The molecule has 0 N–H and O–H groups in total. The first-order valence-electron chi connectivity index (χ1n) is 7.89. The Bertz CT molecular complexity index is 822. The van der Waals surface area contributed by atoms with E-state index in [2.05, 4.69) is 0 Å². The third kappa shape index (κ3) is 3.52. The molecule has 27 heavy (non-hydrogen) atoms. The van der Waals surface area contributed by atoms with Gasteiger partial charge in [-0.2, -0.15) is 0 Å². The van der Waals surface area contributed by atoms with Crippen LogP contribution in [0.1, 0.15) is 22.3 Å². The average molecular weight is 388 g/mol. The van der Waals surface area contributed by atoms with Crippen molar-refractivity contribution in [2.24, 2.45) is 0 Å². The summed E-state index contributed by atoms with van der Waals surface area (Å²) in [5.41, 5.74) is -1.01. The van der Waals surface area contributed by atoms with Crippen LogP contribution >= 0.6 is 0 Å². The zero-order chi connectivity index (χ0) is 19.6. The molecule has 0 aromatic heterocycles. The third-order valence-corrected chi connectivity index (χ3v) is 4.05. The minimum absolute atomic E-state index is 0.0435. The standard InChI is InChI=1S/C18H13F5O4/c19-12-11(13(20)15(22)16(23)14(12)21)17(24)25-7-6-18(26-8-9-27-18)10-4-2-1-3-5-10/h1-5H,6-9H2. The maximum Gasteiger partial charge on any atom is 0.344 e. The van der Waals surface area contributed by atoms with Crippen molar-refractivity contribution in [2.75, 3.05) is 19.8 Å². The molecule has 0 unspecified atom stereocenters. The monoisotopic (exact) mass is 388 g/mol. The number of carbonyl (C=O) groups is 1. The van der Waals surface area contributed by atoms with Gasteiger partial charge >= 0.3 is 5.97 Å². The van der Waals surface area contributed by atoms with Crippen LogP contribution in [0.3, 0.4) is 0 Å². The summed E-state index contributed by atoms with van der Waals surface area (Å²) in [6, 6.07) is 8.69. The smallest absolute Gasteiger partial charge is 0.344 e. The van der Waals surface area contributed by atoms with Gasteiger partial charge in [-0.25, -0.2) is 26.7 Å². The second kappa shape index (κ2) is 7.61. The number of carbonyl (C=O) groups excluding carboxylic acids is 1. The van der Waals surface area contributed by atoms with Gasteiger partial charge in [-0.1, -0.05) is 30.3 Å². The summed E-state index contributed by atoms with van der Waals surface area (Å²) in [4.78, 5) is 11.9. The van der Waals surface area contributed by atoms with Gasteiger partial charge in [-0.3, -0.25) is 0 Å². The Balaban J connectivity index is 1.75. The summed E-state index contributed by atoms with van der Waals surface area (Å²) in [7, 11) is 0. The second-order valence-electron chi connectivity index (χ2n) is 5.65. The number of halogens is 5. The van der Waals surface area contributed by atoms with Crippen LogP contribution in [0.4, 0.5) is 22.0 Å². The first-order chi connectivity index (χ1) is 12.9. The summed E-state index contributed by atoms with van der Waals surface area (Å²) in [6.45, 7) is 0.119. The first-order valence-corrected chi connectivity index (χ1v) is 7.89. The lowest BCUT2D eigenvalue weighted by atomic mass is 10.0. The minimum Gasteiger partial charge on any atom is -0.462 e. The molecule has 0 saturated carbocycles. The summed E-state index contributed by atoms with van der Waals surface area (Å²) in [5, 5.41) is 0. The molecule has 4 nitrogen and oxygen atoms in total. The van der Waals surface area contributed by atoms with E-state index in [1.807, 2.05) is 0 Å². The summed E-state index contributed by atoms with van der Waals surface area (Å²) < 4.78 is 82.6. The molecule has 0 spiro atoms. The van der Waals surface area contributed by atoms with E-state index in [4.69, 9.17) is 14.2 Å². The van der Waals surface area contributed by atoms with Crippen molar-refractivity contribution in [3.05, 3.63) is 70.5 Å². The van der Waals surface area contributed by atoms with Crippen molar-refractivity contribution >= 4 is 5.97 Å². The SMILES string of the molecule is O=C(OCCC1(c2ccccc2)OCCO1)c1c(F)c(F)c(F)c(F)c1F. The normalized spacial score (nSPS) is 15.7. The lowest BCUT2D eigenvalue weighted by Crippen LogP contribution is -2.29. The molecular formula is C18H13F5O4. The van der Waals surface area contributed by atoms with Crippen LogP contribution in [0.2, 0.25) is 0 Å². The van der Waals surface area contributed by atoms with Crippen LogP contribution in [-0.4, -0.2) is 25.8 Å². The van der Waals surface area contributed by atoms with E-state index >= 15 is 0 Å². The van der Waals surface area contributed by atoms with Crippen LogP contribution < -0.4 is 0 Å². The fourth-order valence-electron chi connectivity index (χ4n) is 2.74. The lowest BCUT2D eigenvalue weighted by Gasteiger charge is -2.27. The summed E-state index contributed by atoms with van der Waals surface area (Å²) in [6.07, 6.45) is -0.0435. The van der Waals surface area contributed by atoms with Gasteiger partial charge in [0, 0.05) is 12.0 Å². The minimum atomic E-state index is -2.35. The molecule has 0 aliphatic carbocycles. The van der Waals surface area contributed by atoms with Gasteiger partial charge in [0.2, 0.25) is 5.82 Å². The molecule has 0 radical (unpaired) electrons. The zero-order valence-electron chi connectivity index (χ0n) is 13.7. The van der Waals surface area contributed by atoms with Crippen LogP contribution in [0.15, 0.2) is 30.3 Å². The van der Waals surface area contributed by atoms with E-state index in [1.165, 1.54) is 0 Å². The van der Waals surface area contributed by atoms with E-state index in [0.29, 0.717) is 5.56 Å². The highest BCUT2D eigenvalue weighted by Gasteiger charge is 2.39. The summed E-state index contributed by atoms with van der Waals surface area (Å²) >= 11 is 0. The highest BCUT2D eigenvalue weighted by Crippen LogP contribution is 2.35. The number of hydrogen-bond acceptors (Lipinski definition) is 4. The van der Waals surface area contributed by atoms with Crippen LogP contribution in [-0.2, 0) is 20.0 Å². The molecule has 1 fully saturated rings. The fraction of sp³-hybridized carbons (Fsp3) is 0.278. The molecule has 0 bridgehead atoms. The maximum absolute atomic E-state index is 13.7. The largest absolute Gasteiger partial charge is 0.462 e. The van der Waals surface area contributed by atoms with Gasteiger partial charge in [-0.15, -0.1) is 0 Å². The molecule has 9 heteroatoms. The number of benzene rings is 2. The molecular weight excluding hydrogens is 375 g/mol. The Labute approximate surface area is 150 Å². The quantitative estimate of drug-likeness (QED) is 0.338. The molecule has 144 valence electrons. The van der Waals surface area contributed by atoms with Gasteiger partial charge in [0.1, 0.15) is 5.56 Å². The van der Waals surface area contributed by atoms with E-state index in [9.17, 15) is 26.7 Å². The highest BCUT2D eigenvalue weighted by molar-refractivity contribution is 5.90. The van der Waals surface area contributed by atoms with Gasteiger partial charge in [0.15, 0.2) is 29.1 Å². The van der Waals surface area contributed by atoms with Crippen molar-refractivity contribution in [1.82, 2.24) is 0 Å². The van der Waals surface area contributed by atoms with E-state index in [-0.39, 0.29) is 19.6 Å². The van der Waals surface area contributed by atoms with Gasteiger partial charge < -0.3 is 14.2 Å².